The second kappa shape index (κ2) is 4.75. The monoisotopic (exact) mass is 239 g/mol. The summed E-state index contributed by atoms with van der Waals surface area (Å²) in [4.78, 5) is 4.58. The molecule has 4 nitrogen and oxygen atoms in total. The third kappa shape index (κ3) is 2.11. The van der Waals surface area contributed by atoms with Crippen molar-refractivity contribution in [3.05, 3.63) is 11.7 Å². The minimum atomic E-state index is 0.440. The predicted octanol–water partition coefficient (Wildman–Crippen LogP) is 2.10. The van der Waals surface area contributed by atoms with Gasteiger partial charge in [0.15, 0.2) is 5.82 Å². The number of hydrogen-bond acceptors (Lipinski definition) is 5. The van der Waals surface area contributed by atoms with Gasteiger partial charge in [-0.15, -0.1) is 0 Å². The van der Waals surface area contributed by atoms with Crippen molar-refractivity contribution >= 4 is 11.8 Å². The summed E-state index contributed by atoms with van der Waals surface area (Å²) in [6, 6.07) is 0. The SMILES string of the molecule is C1CCC(c2noc(C3CCNC3)n2)SC1. The Kier molecular flexibility index (Phi) is 3.15. The van der Waals surface area contributed by atoms with E-state index in [1.54, 1.807) is 0 Å². The molecule has 0 bridgehead atoms. The van der Waals surface area contributed by atoms with E-state index in [0.717, 1.165) is 31.2 Å². The average molecular weight is 239 g/mol. The lowest BCUT2D eigenvalue weighted by Crippen LogP contribution is -2.08. The normalized spacial score (nSPS) is 30.8. The standard InChI is InChI=1S/C11H17N3OS/c1-2-6-16-9(3-1)10-13-11(15-14-10)8-4-5-12-7-8/h8-9,12H,1-7H2. The first-order valence-corrected chi connectivity index (χ1v) is 7.14. The van der Waals surface area contributed by atoms with Crippen LogP contribution in [0.4, 0.5) is 0 Å². The number of hydrogen-bond donors (Lipinski definition) is 1. The lowest BCUT2D eigenvalue weighted by atomic mass is 10.1. The molecule has 1 aromatic rings. The van der Waals surface area contributed by atoms with Gasteiger partial charge in [0, 0.05) is 6.54 Å². The molecule has 2 aliphatic rings. The maximum absolute atomic E-state index is 5.39. The number of nitrogens with zero attached hydrogens (tertiary/aromatic N) is 2. The summed E-state index contributed by atoms with van der Waals surface area (Å²) in [6.45, 7) is 2.06. The highest BCUT2D eigenvalue weighted by Gasteiger charge is 2.26. The molecule has 0 amide bonds. The second-order valence-electron chi connectivity index (χ2n) is 4.54. The number of nitrogens with one attached hydrogen (secondary N) is 1. The topological polar surface area (TPSA) is 51.0 Å². The van der Waals surface area contributed by atoms with Crippen molar-refractivity contribution in [2.24, 2.45) is 0 Å². The Balaban J connectivity index is 1.71. The van der Waals surface area contributed by atoms with Crippen LogP contribution in [0, 0.1) is 0 Å². The molecule has 0 spiro atoms. The van der Waals surface area contributed by atoms with Gasteiger partial charge in [-0.1, -0.05) is 11.6 Å². The van der Waals surface area contributed by atoms with Crippen molar-refractivity contribution < 1.29 is 4.52 Å². The van der Waals surface area contributed by atoms with Crippen LogP contribution in [0.25, 0.3) is 0 Å². The van der Waals surface area contributed by atoms with Crippen LogP contribution < -0.4 is 5.32 Å². The average Bonchev–Trinajstić information content (AvgIpc) is 3.01. The zero-order valence-corrected chi connectivity index (χ0v) is 10.1. The Morgan fingerprint density at radius 2 is 2.31 bits per heavy atom. The molecule has 2 aliphatic heterocycles. The molecular weight excluding hydrogens is 222 g/mol. The van der Waals surface area contributed by atoms with Gasteiger partial charge in [0.2, 0.25) is 5.89 Å². The summed E-state index contributed by atoms with van der Waals surface area (Å²) in [5.41, 5.74) is 0. The van der Waals surface area contributed by atoms with Crippen LogP contribution in [0.15, 0.2) is 4.52 Å². The number of thioether (sulfide) groups is 1. The third-order valence-corrected chi connectivity index (χ3v) is 4.71. The van der Waals surface area contributed by atoms with Crippen LogP contribution in [-0.4, -0.2) is 29.0 Å². The quantitative estimate of drug-likeness (QED) is 0.856. The first-order valence-electron chi connectivity index (χ1n) is 6.09. The highest BCUT2D eigenvalue weighted by molar-refractivity contribution is 7.99. The van der Waals surface area contributed by atoms with E-state index in [0.29, 0.717) is 11.2 Å². The van der Waals surface area contributed by atoms with Gasteiger partial charge in [-0.3, -0.25) is 0 Å². The lowest BCUT2D eigenvalue weighted by molar-refractivity contribution is 0.354. The molecule has 88 valence electrons. The van der Waals surface area contributed by atoms with Gasteiger partial charge >= 0.3 is 0 Å². The maximum atomic E-state index is 5.39. The van der Waals surface area contributed by atoms with Crippen molar-refractivity contribution in [2.75, 3.05) is 18.8 Å². The molecular formula is C11H17N3OS. The fourth-order valence-corrected chi connectivity index (χ4v) is 3.59. The van der Waals surface area contributed by atoms with Gasteiger partial charge in [-0.25, -0.2) is 0 Å². The van der Waals surface area contributed by atoms with E-state index in [2.05, 4.69) is 15.5 Å². The van der Waals surface area contributed by atoms with E-state index in [4.69, 9.17) is 4.52 Å². The molecule has 16 heavy (non-hydrogen) atoms. The van der Waals surface area contributed by atoms with Gasteiger partial charge in [-0.05, 0) is 31.6 Å². The third-order valence-electron chi connectivity index (χ3n) is 3.33. The highest BCUT2D eigenvalue weighted by atomic mass is 32.2. The van der Waals surface area contributed by atoms with Crippen molar-refractivity contribution in [3.8, 4) is 0 Å². The maximum Gasteiger partial charge on any atom is 0.231 e. The van der Waals surface area contributed by atoms with Crippen molar-refractivity contribution in [3.63, 3.8) is 0 Å². The van der Waals surface area contributed by atoms with Crippen LogP contribution in [0.5, 0.6) is 0 Å². The molecule has 3 heterocycles. The first-order chi connectivity index (χ1) is 7.93. The van der Waals surface area contributed by atoms with Crippen molar-refractivity contribution in [1.29, 1.82) is 0 Å². The summed E-state index contributed by atoms with van der Waals surface area (Å²) in [5.74, 6) is 3.44. The van der Waals surface area contributed by atoms with Crippen LogP contribution in [0.3, 0.4) is 0 Å². The molecule has 2 atom stereocenters. The molecule has 2 saturated heterocycles. The molecule has 2 unspecified atom stereocenters. The Morgan fingerprint density at radius 1 is 1.31 bits per heavy atom. The summed E-state index contributed by atoms with van der Waals surface area (Å²) in [7, 11) is 0. The van der Waals surface area contributed by atoms with Crippen LogP contribution in [0.2, 0.25) is 0 Å². The summed E-state index contributed by atoms with van der Waals surface area (Å²) >= 11 is 1.97. The minimum Gasteiger partial charge on any atom is -0.339 e. The molecule has 3 rings (SSSR count). The Morgan fingerprint density at radius 3 is 3.06 bits per heavy atom. The van der Waals surface area contributed by atoms with E-state index < -0.39 is 0 Å². The first kappa shape index (κ1) is 10.6. The van der Waals surface area contributed by atoms with Gasteiger partial charge < -0.3 is 9.84 Å². The molecule has 0 saturated carbocycles. The van der Waals surface area contributed by atoms with Gasteiger partial charge in [0.05, 0.1) is 11.2 Å². The molecule has 1 N–H and O–H groups in total. The Hall–Kier alpha value is -0.550. The zero-order valence-electron chi connectivity index (χ0n) is 9.32. The van der Waals surface area contributed by atoms with Gasteiger partial charge in [-0.2, -0.15) is 16.7 Å². The van der Waals surface area contributed by atoms with E-state index >= 15 is 0 Å². The minimum absolute atomic E-state index is 0.440. The molecule has 0 aromatic carbocycles. The van der Waals surface area contributed by atoms with Crippen molar-refractivity contribution in [2.45, 2.75) is 36.9 Å². The van der Waals surface area contributed by atoms with Crippen LogP contribution in [0.1, 0.15) is 48.6 Å². The van der Waals surface area contributed by atoms with Crippen LogP contribution in [-0.2, 0) is 0 Å². The fraction of sp³-hybridized carbons (Fsp3) is 0.818. The highest BCUT2D eigenvalue weighted by Crippen LogP contribution is 2.37. The summed E-state index contributed by atoms with van der Waals surface area (Å²) < 4.78 is 5.39. The summed E-state index contributed by atoms with van der Waals surface area (Å²) in [6.07, 6.45) is 4.96. The molecule has 2 fully saturated rings. The van der Waals surface area contributed by atoms with Crippen molar-refractivity contribution in [1.82, 2.24) is 15.5 Å². The molecule has 0 radical (unpaired) electrons. The van der Waals surface area contributed by atoms with Gasteiger partial charge in [0.1, 0.15) is 0 Å². The van der Waals surface area contributed by atoms with E-state index in [1.165, 1.54) is 25.0 Å². The predicted molar refractivity (Wildman–Crippen MR) is 63.6 cm³/mol. The fourth-order valence-electron chi connectivity index (χ4n) is 2.35. The summed E-state index contributed by atoms with van der Waals surface area (Å²) in [5, 5.41) is 7.95. The Labute approximate surface area is 99.6 Å². The molecule has 0 aliphatic carbocycles. The smallest absolute Gasteiger partial charge is 0.231 e. The zero-order chi connectivity index (χ0) is 10.8. The molecule has 5 heteroatoms. The van der Waals surface area contributed by atoms with E-state index in [1.807, 2.05) is 11.8 Å². The molecule has 1 aromatic heterocycles. The largest absolute Gasteiger partial charge is 0.339 e. The lowest BCUT2D eigenvalue weighted by Gasteiger charge is -2.17. The van der Waals surface area contributed by atoms with E-state index in [-0.39, 0.29) is 0 Å². The number of rotatable bonds is 2. The Bertz CT molecular complexity index is 343. The van der Waals surface area contributed by atoms with Gasteiger partial charge in [0.25, 0.3) is 0 Å². The van der Waals surface area contributed by atoms with Crippen LogP contribution >= 0.6 is 11.8 Å². The second-order valence-corrected chi connectivity index (χ2v) is 5.85. The number of aromatic nitrogens is 2. The van der Waals surface area contributed by atoms with E-state index in [9.17, 15) is 0 Å².